The molecule has 0 atom stereocenters. The molecule has 0 N–H and O–H groups in total. The molecule has 51 heavy (non-hydrogen) atoms. The number of benzene rings is 9. The number of hydrogen-bond donors (Lipinski definition) is 0. The third-order valence-corrected chi connectivity index (χ3v) is 10.4. The molecule has 0 unspecified atom stereocenters. The van der Waals surface area contributed by atoms with Crippen molar-refractivity contribution in [2.45, 2.75) is 0 Å². The monoisotopic (exact) mass is 647 g/mol. The molecule has 0 aliphatic rings. The van der Waals surface area contributed by atoms with Crippen molar-refractivity contribution in [1.29, 1.82) is 0 Å². The Balaban J connectivity index is 1.34. The standard InChI is InChI=1S/C50H33N/c1-4-17-34(18-5-1)36-31-32-46-45(33-36)50-44(29-16-30-47(50)51(46)37-21-8-3-9-22-37)49-42-27-14-12-25-40(42)48(41-26-13-15-28-43(41)49)39-24-11-10-23-38(39)35-19-6-2-7-20-35/h1-33H. The molecule has 1 aromatic heterocycles. The molecular formula is C50H33N. The van der Waals surface area contributed by atoms with E-state index in [4.69, 9.17) is 0 Å². The van der Waals surface area contributed by atoms with Gasteiger partial charge in [-0.3, -0.25) is 0 Å². The van der Waals surface area contributed by atoms with Gasteiger partial charge in [-0.2, -0.15) is 0 Å². The van der Waals surface area contributed by atoms with Gasteiger partial charge in [0.2, 0.25) is 0 Å². The van der Waals surface area contributed by atoms with Gasteiger partial charge in [0.1, 0.15) is 0 Å². The highest BCUT2D eigenvalue weighted by Crippen LogP contribution is 2.49. The third-order valence-electron chi connectivity index (χ3n) is 10.4. The first-order valence-electron chi connectivity index (χ1n) is 17.6. The molecule has 0 radical (unpaired) electrons. The van der Waals surface area contributed by atoms with Gasteiger partial charge < -0.3 is 4.57 Å². The molecule has 0 fully saturated rings. The molecule has 1 heterocycles. The molecule has 0 spiro atoms. The van der Waals surface area contributed by atoms with Gasteiger partial charge in [0.05, 0.1) is 11.0 Å². The van der Waals surface area contributed by atoms with Crippen LogP contribution in [0, 0.1) is 0 Å². The molecule has 0 saturated carbocycles. The molecular weight excluding hydrogens is 615 g/mol. The van der Waals surface area contributed by atoms with E-state index in [2.05, 4.69) is 205 Å². The topological polar surface area (TPSA) is 4.93 Å². The van der Waals surface area contributed by atoms with E-state index in [1.54, 1.807) is 0 Å². The first-order valence-corrected chi connectivity index (χ1v) is 17.6. The molecule has 0 bridgehead atoms. The Labute approximate surface area is 297 Å². The van der Waals surface area contributed by atoms with Crippen molar-refractivity contribution >= 4 is 43.4 Å². The van der Waals surface area contributed by atoms with Crippen molar-refractivity contribution in [1.82, 2.24) is 4.57 Å². The van der Waals surface area contributed by atoms with Crippen molar-refractivity contribution in [2.75, 3.05) is 0 Å². The van der Waals surface area contributed by atoms with Crippen LogP contribution >= 0.6 is 0 Å². The van der Waals surface area contributed by atoms with Gasteiger partial charge >= 0.3 is 0 Å². The van der Waals surface area contributed by atoms with Crippen LogP contribution in [0.5, 0.6) is 0 Å². The molecule has 10 aromatic rings. The Morgan fingerprint density at radius 2 is 0.765 bits per heavy atom. The minimum absolute atomic E-state index is 1.16. The third kappa shape index (κ3) is 4.70. The van der Waals surface area contributed by atoms with E-state index in [1.165, 1.54) is 87.9 Å². The van der Waals surface area contributed by atoms with Crippen LogP contribution in [0.4, 0.5) is 0 Å². The molecule has 238 valence electrons. The van der Waals surface area contributed by atoms with Gasteiger partial charge in [-0.25, -0.2) is 0 Å². The number of nitrogens with zero attached hydrogens (tertiary/aromatic N) is 1. The van der Waals surface area contributed by atoms with Gasteiger partial charge in [0, 0.05) is 16.5 Å². The zero-order chi connectivity index (χ0) is 33.7. The molecule has 0 saturated heterocycles. The minimum Gasteiger partial charge on any atom is -0.309 e. The van der Waals surface area contributed by atoms with Crippen LogP contribution in [0.15, 0.2) is 200 Å². The van der Waals surface area contributed by atoms with Gasteiger partial charge in [-0.15, -0.1) is 0 Å². The smallest absolute Gasteiger partial charge is 0.0547 e. The Morgan fingerprint density at radius 1 is 0.275 bits per heavy atom. The zero-order valence-corrected chi connectivity index (χ0v) is 28.0. The van der Waals surface area contributed by atoms with Crippen LogP contribution < -0.4 is 0 Å². The second kappa shape index (κ2) is 12.0. The van der Waals surface area contributed by atoms with Crippen LogP contribution in [0.3, 0.4) is 0 Å². The van der Waals surface area contributed by atoms with Gasteiger partial charge in [0.15, 0.2) is 0 Å². The highest BCUT2D eigenvalue weighted by molar-refractivity contribution is 6.27. The summed E-state index contributed by atoms with van der Waals surface area (Å²) in [4.78, 5) is 0. The van der Waals surface area contributed by atoms with E-state index in [-0.39, 0.29) is 0 Å². The van der Waals surface area contributed by atoms with Crippen molar-refractivity contribution in [3.63, 3.8) is 0 Å². The number of para-hydroxylation sites is 1. The van der Waals surface area contributed by atoms with Crippen LogP contribution in [-0.2, 0) is 0 Å². The molecule has 1 nitrogen and oxygen atoms in total. The van der Waals surface area contributed by atoms with Crippen LogP contribution in [-0.4, -0.2) is 4.57 Å². The largest absolute Gasteiger partial charge is 0.309 e. The first kappa shape index (κ1) is 29.2. The number of fused-ring (bicyclic) bond motifs is 5. The van der Waals surface area contributed by atoms with E-state index in [1.807, 2.05) is 0 Å². The van der Waals surface area contributed by atoms with Crippen molar-refractivity contribution < 1.29 is 0 Å². The normalized spacial score (nSPS) is 11.5. The summed E-state index contributed by atoms with van der Waals surface area (Å²) in [7, 11) is 0. The van der Waals surface area contributed by atoms with Gasteiger partial charge in [-0.05, 0) is 96.4 Å². The maximum Gasteiger partial charge on any atom is 0.0547 e. The summed E-state index contributed by atoms with van der Waals surface area (Å²) < 4.78 is 2.43. The van der Waals surface area contributed by atoms with Crippen molar-refractivity contribution in [3.05, 3.63) is 200 Å². The second-order valence-electron chi connectivity index (χ2n) is 13.2. The highest BCUT2D eigenvalue weighted by atomic mass is 15.0. The summed E-state index contributed by atoms with van der Waals surface area (Å²) in [5, 5.41) is 7.52. The molecule has 0 amide bonds. The molecule has 0 aliphatic heterocycles. The second-order valence-corrected chi connectivity index (χ2v) is 13.2. The fraction of sp³-hybridized carbons (Fsp3) is 0. The van der Waals surface area contributed by atoms with Crippen LogP contribution in [0.2, 0.25) is 0 Å². The summed E-state index contributed by atoms with van der Waals surface area (Å²) >= 11 is 0. The molecule has 10 rings (SSSR count). The van der Waals surface area contributed by atoms with Gasteiger partial charge in [-0.1, -0.05) is 170 Å². The number of aromatic nitrogens is 1. The predicted molar refractivity (Wildman–Crippen MR) is 218 cm³/mol. The lowest BCUT2D eigenvalue weighted by atomic mass is 9.83. The SMILES string of the molecule is c1ccc(-c2ccc3c(c2)c2c(-c4c5ccccc5c(-c5ccccc5-c5ccccc5)c5ccccc45)cccc2n3-c2ccccc2)cc1. The Hall–Kier alpha value is -6.70. The average Bonchev–Trinajstić information content (AvgIpc) is 3.55. The lowest BCUT2D eigenvalue weighted by Gasteiger charge is -2.20. The lowest BCUT2D eigenvalue weighted by Crippen LogP contribution is -1.94. The summed E-state index contributed by atoms with van der Waals surface area (Å²) in [5.74, 6) is 0. The summed E-state index contributed by atoms with van der Waals surface area (Å²) in [6.45, 7) is 0. The Bertz CT molecular complexity index is 2830. The lowest BCUT2D eigenvalue weighted by molar-refractivity contribution is 1.18. The Kier molecular flexibility index (Phi) is 6.89. The summed E-state index contributed by atoms with van der Waals surface area (Å²) in [6.07, 6.45) is 0. The fourth-order valence-electron chi connectivity index (χ4n) is 8.22. The summed E-state index contributed by atoms with van der Waals surface area (Å²) in [5.41, 5.74) is 13.5. The average molecular weight is 648 g/mol. The van der Waals surface area contributed by atoms with Gasteiger partial charge in [0.25, 0.3) is 0 Å². The molecule has 1 heteroatoms. The van der Waals surface area contributed by atoms with Crippen LogP contribution in [0.25, 0.3) is 93.5 Å². The molecule has 9 aromatic carbocycles. The van der Waals surface area contributed by atoms with E-state index in [9.17, 15) is 0 Å². The highest BCUT2D eigenvalue weighted by Gasteiger charge is 2.22. The minimum atomic E-state index is 1.16. The fourth-order valence-corrected chi connectivity index (χ4v) is 8.22. The maximum atomic E-state index is 2.43. The van der Waals surface area contributed by atoms with Crippen molar-refractivity contribution in [3.8, 4) is 50.2 Å². The van der Waals surface area contributed by atoms with Crippen molar-refractivity contribution in [2.24, 2.45) is 0 Å². The quantitative estimate of drug-likeness (QED) is 0.164. The number of hydrogen-bond acceptors (Lipinski definition) is 0. The number of rotatable bonds is 5. The van der Waals surface area contributed by atoms with E-state index < -0.39 is 0 Å². The Morgan fingerprint density at radius 3 is 1.39 bits per heavy atom. The maximum absolute atomic E-state index is 2.43. The van der Waals surface area contributed by atoms with E-state index in [0.717, 1.165) is 5.69 Å². The summed E-state index contributed by atoms with van der Waals surface area (Å²) in [6, 6.07) is 72.9. The molecule has 0 aliphatic carbocycles. The van der Waals surface area contributed by atoms with E-state index >= 15 is 0 Å². The van der Waals surface area contributed by atoms with E-state index in [0.29, 0.717) is 0 Å². The first-order chi connectivity index (χ1) is 25.3. The zero-order valence-electron chi connectivity index (χ0n) is 28.0. The van der Waals surface area contributed by atoms with Crippen LogP contribution in [0.1, 0.15) is 0 Å². The predicted octanol–water partition coefficient (Wildman–Crippen LogP) is 13.8.